The van der Waals surface area contributed by atoms with Crippen LogP contribution in [0.2, 0.25) is 0 Å². The number of fused-ring (bicyclic) bond motifs is 1. The number of hydrogen-bond donors (Lipinski definition) is 2. The van der Waals surface area contributed by atoms with E-state index in [0.29, 0.717) is 0 Å². The number of anilines is 1. The third-order valence-electron chi connectivity index (χ3n) is 2.62. The van der Waals surface area contributed by atoms with E-state index in [2.05, 4.69) is 20.8 Å². The van der Waals surface area contributed by atoms with E-state index in [4.69, 9.17) is 0 Å². The molecule has 0 aliphatic heterocycles. The Labute approximate surface area is 117 Å². The number of halogens is 1. The molecule has 0 aliphatic carbocycles. The van der Waals surface area contributed by atoms with Crippen molar-refractivity contribution >= 4 is 33.1 Å². The SMILES string of the molecule is O=C(NNc1ccc2ncsc2c1)c1cncc(F)c1. The van der Waals surface area contributed by atoms with Crippen molar-refractivity contribution in [2.24, 2.45) is 0 Å². The number of hydrazine groups is 1. The van der Waals surface area contributed by atoms with E-state index in [1.165, 1.54) is 17.5 Å². The summed E-state index contributed by atoms with van der Waals surface area (Å²) >= 11 is 1.51. The van der Waals surface area contributed by atoms with Crippen molar-refractivity contribution in [2.75, 3.05) is 5.43 Å². The Bertz CT molecular complexity index is 774. The van der Waals surface area contributed by atoms with E-state index in [1.54, 1.807) is 11.6 Å². The third kappa shape index (κ3) is 2.57. The van der Waals surface area contributed by atoms with Gasteiger partial charge in [0.1, 0.15) is 5.82 Å². The summed E-state index contributed by atoms with van der Waals surface area (Å²) in [6.45, 7) is 0. The molecule has 3 rings (SSSR count). The summed E-state index contributed by atoms with van der Waals surface area (Å²) in [7, 11) is 0. The van der Waals surface area contributed by atoms with Crippen LogP contribution in [0.4, 0.5) is 10.1 Å². The quantitative estimate of drug-likeness (QED) is 0.727. The second-order valence-electron chi connectivity index (χ2n) is 4.01. The first-order valence-corrected chi connectivity index (χ1v) is 6.60. The van der Waals surface area contributed by atoms with E-state index in [0.717, 1.165) is 28.2 Å². The highest BCUT2D eigenvalue weighted by Gasteiger charge is 2.07. The largest absolute Gasteiger partial charge is 0.298 e. The zero-order valence-electron chi connectivity index (χ0n) is 10.1. The maximum Gasteiger partial charge on any atom is 0.271 e. The minimum Gasteiger partial charge on any atom is -0.298 e. The molecule has 5 nitrogen and oxygen atoms in total. The molecule has 3 aromatic rings. The second kappa shape index (κ2) is 5.22. The van der Waals surface area contributed by atoms with Crippen LogP contribution in [0, 0.1) is 5.82 Å². The van der Waals surface area contributed by atoms with Crippen LogP contribution in [-0.4, -0.2) is 15.9 Å². The summed E-state index contributed by atoms with van der Waals surface area (Å²) in [5.41, 5.74) is 8.79. The lowest BCUT2D eigenvalue weighted by Gasteiger charge is -2.08. The molecule has 0 spiro atoms. The van der Waals surface area contributed by atoms with Crippen LogP contribution in [0.25, 0.3) is 10.2 Å². The minimum atomic E-state index is -0.552. The molecule has 7 heteroatoms. The molecule has 2 heterocycles. The lowest BCUT2D eigenvalue weighted by molar-refractivity contribution is 0.0962. The number of benzene rings is 1. The fourth-order valence-electron chi connectivity index (χ4n) is 1.67. The number of carbonyl (C=O) groups is 1. The van der Waals surface area contributed by atoms with Crippen LogP contribution in [-0.2, 0) is 0 Å². The molecule has 0 saturated heterocycles. The maximum absolute atomic E-state index is 13.0. The molecule has 0 aliphatic rings. The van der Waals surface area contributed by atoms with Gasteiger partial charge in [0.05, 0.1) is 33.2 Å². The van der Waals surface area contributed by atoms with Crippen molar-refractivity contribution in [3.8, 4) is 0 Å². The number of aromatic nitrogens is 2. The summed E-state index contributed by atoms with van der Waals surface area (Å²) in [6, 6.07) is 6.64. The van der Waals surface area contributed by atoms with Gasteiger partial charge < -0.3 is 0 Å². The monoisotopic (exact) mass is 288 g/mol. The van der Waals surface area contributed by atoms with E-state index < -0.39 is 11.7 Å². The predicted molar refractivity (Wildman–Crippen MR) is 74.9 cm³/mol. The van der Waals surface area contributed by atoms with Crippen LogP contribution in [0.1, 0.15) is 10.4 Å². The Kier molecular flexibility index (Phi) is 3.26. The molecule has 0 bridgehead atoms. The first kappa shape index (κ1) is 12.5. The molecule has 1 aromatic carbocycles. The Hall–Kier alpha value is -2.54. The van der Waals surface area contributed by atoms with Gasteiger partial charge in [0.2, 0.25) is 0 Å². The van der Waals surface area contributed by atoms with Gasteiger partial charge in [-0.15, -0.1) is 11.3 Å². The fourth-order valence-corrected chi connectivity index (χ4v) is 2.39. The normalized spacial score (nSPS) is 10.4. The number of nitrogens with zero attached hydrogens (tertiary/aromatic N) is 2. The highest BCUT2D eigenvalue weighted by molar-refractivity contribution is 7.16. The molecule has 0 unspecified atom stereocenters. The predicted octanol–water partition coefficient (Wildman–Crippen LogP) is 2.59. The molecule has 100 valence electrons. The number of nitrogens with one attached hydrogen (secondary N) is 2. The number of carbonyl (C=O) groups excluding carboxylic acids is 1. The van der Waals surface area contributed by atoms with E-state index in [-0.39, 0.29) is 5.56 Å². The summed E-state index contributed by atoms with van der Waals surface area (Å²) in [5.74, 6) is -1.01. The van der Waals surface area contributed by atoms with Crippen LogP contribution in [0.3, 0.4) is 0 Å². The fraction of sp³-hybridized carbons (Fsp3) is 0. The summed E-state index contributed by atoms with van der Waals surface area (Å²) in [4.78, 5) is 19.6. The summed E-state index contributed by atoms with van der Waals surface area (Å²) in [5, 5.41) is 0. The van der Waals surface area contributed by atoms with Crippen LogP contribution >= 0.6 is 11.3 Å². The van der Waals surface area contributed by atoms with Gasteiger partial charge in [-0.1, -0.05) is 0 Å². The van der Waals surface area contributed by atoms with Crippen LogP contribution < -0.4 is 10.9 Å². The molecular formula is C13H9FN4OS. The number of hydrogen-bond acceptors (Lipinski definition) is 5. The minimum absolute atomic E-state index is 0.149. The standard InChI is InChI=1S/C13H9FN4OS/c14-9-3-8(5-15-6-9)13(19)18-17-10-1-2-11-12(4-10)20-7-16-11/h1-7,17H,(H,18,19). The van der Waals surface area contributed by atoms with Gasteiger partial charge in [0.25, 0.3) is 5.91 Å². The zero-order valence-corrected chi connectivity index (χ0v) is 10.9. The molecule has 0 fully saturated rings. The van der Waals surface area contributed by atoms with Gasteiger partial charge in [-0.05, 0) is 24.3 Å². The van der Waals surface area contributed by atoms with Crippen molar-refractivity contribution in [1.29, 1.82) is 0 Å². The molecule has 20 heavy (non-hydrogen) atoms. The van der Waals surface area contributed by atoms with Crippen molar-refractivity contribution in [1.82, 2.24) is 15.4 Å². The zero-order chi connectivity index (χ0) is 13.9. The van der Waals surface area contributed by atoms with E-state index in [9.17, 15) is 9.18 Å². The van der Waals surface area contributed by atoms with Gasteiger partial charge in [-0.2, -0.15) is 0 Å². The first-order valence-electron chi connectivity index (χ1n) is 5.72. The van der Waals surface area contributed by atoms with E-state index >= 15 is 0 Å². The van der Waals surface area contributed by atoms with Gasteiger partial charge in [-0.3, -0.25) is 20.6 Å². The third-order valence-corrected chi connectivity index (χ3v) is 3.41. The number of amides is 1. The van der Waals surface area contributed by atoms with E-state index in [1.807, 2.05) is 12.1 Å². The Morgan fingerprint density at radius 2 is 2.15 bits per heavy atom. The Morgan fingerprint density at radius 3 is 3.00 bits per heavy atom. The van der Waals surface area contributed by atoms with Crippen molar-refractivity contribution in [3.05, 3.63) is 53.6 Å². The van der Waals surface area contributed by atoms with Crippen molar-refractivity contribution in [2.45, 2.75) is 0 Å². The van der Waals surface area contributed by atoms with Crippen molar-refractivity contribution < 1.29 is 9.18 Å². The summed E-state index contributed by atoms with van der Waals surface area (Å²) in [6.07, 6.45) is 2.34. The molecule has 0 atom stereocenters. The topological polar surface area (TPSA) is 66.9 Å². The average Bonchev–Trinajstić information content (AvgIpc) is 2.92. The highest BCUT2D eigenvalue weighted by atomic mass is 32.1. The van der Waals surface area contributed by atoms with Gasteiger partial charge in [-0.25, -0.2) is 9.37 Å². The Balaban J connectivity index is 1.71. The van der Waals surface area contributed by atoms with Crippen LogP contribution in [0.15, 0.2) is 42.2 Å². The molecule has 2 N–H and O–H groups in total. The number of thiazole rings is 1. The Morgan fingerprint density at radius 1 is 1.25 bits per heavy atom. The molecule has 0 radical (unpaired) electrons. The second-order valence-corrected chi connectivity index (χ2v) is 4.89. The summed E-state index contributed by atoms with van der Waals surface area (Å²) < 4.78 is 14.0. The lowest BCUT2D eigenvalue weighted by Crippen LogP contribution is -2.29. The highest BCUT2D eigenvalue weighted by Crippen LogP contribution is 2.21. The van der Waals surface area contributed by atoms with Crippen LogP contribution in [0.5, 0.6) is 0 Å². The van der Waals surface area contributed by atoms with Crippen molar-refractivity contribution in [3.63, 3.8) is 0 Å². The lowest BCUT2D eigenvalue weighted by atomic mass is 10.3. The maximum atomic E-state index is 13.0. The molecular weight excluding hydrogens is 279 g/mol. The molecule has 2 aromatic heterocycles. The molecule has 1 amide bonds. The smallest absolute Gasteiger partial charge is 0.271 e. The van der Waals surface area contributed by atoms with Gasteiger partial charge in [0.15, 0.2) is 0 Å². The first-order chi connectivity index (χ1) is 9.72. The molecule has 0 saturated carbocycles. The average molecular weight is 288 g/mol. The number of rotatable bonds is 3. The number of pyridine rings is 1. The van der Waals surface area contributed by atoms with Gasteiger partial charge >= 0.3 is 0 Å². The van der Waals surface area contributed by atoms with Gasteiger partial charge in [0, 0.05) is 6.20 Å².